The fraction of sp³-hybridized carbons (Fsp3) is 0.250. The third kappa shape index (κ3) is 3.35. The molecule has 3 N–H and O–H groups in total. The van der Waals surface area contributed by atoms with Gasteiger partial charge in [-0.1, -0.05) is 5.21 Å². The highest BCUT2D eigenvalue weighted by atomic mass is 19.1. The van der Waals surface area contributed by atoms with Crippen molar-refractivity contribution in [3.63, 3.8) is 0 Å². The smallest absolute Gasteiger partial charge is 0.274 e. The number of hydrogen-bond acceptors (Lipinski definition) is 5. The van der Waals surface area contributed by atoms with Gasteiger partial charge in [0, 0.05) is 10.9 Å². The fourth-order valence-electron chi connectivity index (χ4n) is 2.60. The molecule has 3 aromatic rings. The molecule has 25 heavy (non-hydrogen) atoms. The van der Waals surface area contributed by atoms with Crippen LogP contribution in [0.25, 0.3) is 11.0 Å². The van der Waals surface area contributed by atoms with Crippen LogP contribution < -0.4 is 11.1 Å². The average Bonchev–Trinajstić information content (AvgIpc) is 3.12. The molecule has 2 heterocycles. The Morgan fingerprint density at radius 3 is 2.92 bits per heavy atom. The summed E-state index contributed by atoms with van der Waals surface area (Å²) in [6.07, 6.45) is 1.33. The van der Waals surface area contributed by atoms with Gasteiger partial charge in [-0.05, 0) is 32.0 Å². The van der Waals surface area contributed by atoms with Crippen LogP contribution in [0.4, 0.5) is 4.39 Å². The van der Waals surface area contributed by atoms with Crippen molar-refractivity contribution in [1.29, 1.82) is 0 Å². The van der Waals surface area contributed by atoms with Crippen molar-refractivity contribution in [3.8, 4) is 0 Å². The van der Waals surface area contributed by atoms with E-state index in [1.54, 1.807) is 19.9 Å². The molecule has 130 valence electrons. The van der Waals surface area contributed by atoms with Crippen molar-refractivity contribution in [1.82, 2.24) is 20.3 Å². The lowest BCUT2D eigenvalue weighted by Gasteiger charge is -2.11. The van der Waals surface area contributed by atoms with Crippen molar-refractivity contribution >= 4 is 22.8 Å². The maximum Gasteiger partial charge on any atom is 0.274 e. The number of furan rings is 1. The quantitative estimate of drug-likeness (QED) is 0.726. The average molecular weight is 345 g/mol. The van der Waals surface area contributed by atoms with E-state index >= 15 is 0 Å². The zero-order valence-corrected chi connectivity index (χ0v) is 13.6. The summed E-state index contributed by atoms with van der Waals surface area (Å²) >= 11 is 0. The third-order valence-electron chi connectivity index (χ3n) is 3.77. The Morgan fingerprint density at radius 2 is 2.20 bits per heavy atom. The molecule has 0 radical (unpaired) electrons. The molecule has 0 saturated heterocycles. The highest BCUT2D eigenvalue weighted by Gasteiger charge is 2.21. The number of nitrogens with one attached hydrogen (secondary N) is 1. The molecule has 1 aromatic carbocycles. The summed E-state index contributed by atoms with van der Waals surface area (Å²) in [5, 5.41) is 10.8. The number of amides is 2. The number of aromatic nitrogens is 3. The normalized spacial score (nSPS) is 12.3. The third-order valence-corrected chi connectivity index (χ3v) is 3.77. The number of nitrogens with two attached hydrogens (primary N) is 1. The first kappa shape index (κ1) is 16.6. The molecule has 0 fully saturated rings. The van der Waals surface area contributed by atoms with Gasteiger partial charge in [-0.25, -0.2) is 9.07 Å². The largest absolute Gasteiger partial charge is 0.459 e. The SMILES string of the molecule is Cc1c([C@H](C)NC(=O)c2cn(CC(N)=O)nn2)oc2ccc(F)cc12. The van der Waals surface area contributed by atoms with E-state index in [1.165, 1.54) is 23.0 Å². The van der Waals surface area contributed by atoms with Crippen LogP contribution in [0.2, 0.25) is 0 Å². The second kappa shape index (κ2) is 6.34. The fourth-order valence-corrected chi connectivity index (χ4v) is 2.60. The molecule has 0 aliphatic rings. The van der Waals surface area contributed by atoms with Crippen molar-refractivity contribution in [2.24, 2.45) is 5.73 Å². The van der Waals surface area contributed by atoms with Crippen molar-refractivity contribution in [2.75, 3.05) is 0 Å². The minimum atomic E-state index is -0.588. The monoisotopic (exact) mass is 345 g/mol. The van der Waals surface area contributed by atoms with Crippen LogP contribution in [-0.4, -0.2) is 26.8 Å². The Morgan fingerprint density at radius 1 is 1.44 bits per heavy atom. The van der Waals surface area contributed by atoms with Gasteiger partial charge in [0.25, 0.3) is 5.91 Å². The Hall–Kier alpha value is -3.23. The van der Waals surface area contributed by atoms with Gasteiger partial charge in [0.2, 0.25) is 5.91 Å². The van der Waals surface area contributed by atoms with Gasteiger partial charge in [0.1, 0.15) is 23.7 Å². The summed E-state index contributed by atoms with van der Waals surface area (Å²) < 4.78 is 20.3. The number of rotatable bonds is 5. The molecular formula is C16H16FN5O3. The standard InChI is InChI=1S/C16H16FN5O3/c1-8-11-5-10(17)3-4-13(11)25-15(8)9(2)19-16(24)12-6-22(21-20-12)7-14(18)23/h3-6,9H,7H2,1-2H3,(H2,18,23)(H,19,24)/t9-/m0/s1. The Kier molecular flexibility index (Phi) is 4.22. The number of benzene rings is 1. The van der Waals surface area contributed by atoms with Crippen LogP contribution in [0, 0.1) is 12.7 Å². The molecule has 0 aliphatic carbocycles. The summed E-state index contributed by atoms with van der Waals surface area (Å²) in [5.74, 6) is -0.895. The molecule has 0 saturated carbocycles. The number of halogens is 1. The van der Waals surface area contributed by atoms with Gasteiger partial charge in [0.05, 0.1) is 12.2 Å². The maximum absolute atomic E-state index is 13.4. The molecule has 3 rings (SSSR count). The van der Waals surface area contributed by atoms with E-state index in [0.717, 1.165) is 5.56 Å². The molecule has 0 spiro atoms. The topological polar surface area (TPSA) is 116 Å². The van der Waals surface area contributed by atoms with Crippen LogP contribution >= 0.6 is 0 Å². The van der Waals surface area contributed by atoms with Crippen molar-refractivity contribution in [2.45, 2.75) is 26.4 Å². The minimum absolute atomic E-state index is 0.0490. The summed E-state index contributed by atoms with van der Waals surface area (Å²) in [5.41, 5.74) is 6.41. The second-order valence-corrected chi connectivity index (χ2v) is 5.69. The van der Waals surface area contributed by atoms with E-state index in [1.807, 2.05) is 0 Å². The molecule has 2 aromatic heterocycles. The summed E-state index contributed by atoms with van der Waals surface area (Å²) in [6.45, 7) is 3.38. The van der Waals surface area contributed by atoms with Crippen LogP contribution in [0.1, 0.15) is 34.8 Å². The Balaban J connectivity index is 1.78. The van der Waals surface area contributed by atoms with E-state index in [0.29, 0.717) is 16.7 Å². The van der Waals surface area contributed by atoms with Gasteiger partial charge < -0.3 is 15.5 Å². The second-order valence-electron chi connectivity index (χ2n) is 5.69. The number of hydrogen-bond donors (Lipinski definition) is 2. The number of carbonyl (C=O) groups excluding carboxylic acids is 2. The first-order chi connectivity index (χ1) is 11.8. The van der Waals surface area contributed by atoms with Gasteiger partial charge in [-0.2, -0.15) is 0 Å². The van der Waals surface area contributed by atoms with Gasteiger partial charge >= 0.3 is 0 Å². The molecule has 9 heteroatoms. The van der Waals surface area contributed by atoms with Gasteiger partial charge in [-0.15, -0.1) is 5.10 Å². The van der Waals surface area contributed by atoms with Gasteiger partial charge in [0.15, 0.2) is 5.69 Å². The molecule has 0 bridgehead atoms. The number of aryl methyl sites for hydroxylation is 1. The van der Waals surface area contributed by atoms with Gasteiger partial charge in [-0.3, -0.25) is 9.59 Å². The predicted octanol–water partition coefficient (Wildman–Crippen LogP) is 1.45. The molecule has 2 amide bonds. The Bertz CT molecular complexity index is 962. The summed E-state index contributed by atoms with van der Waals surface area (Å²) in [7, 11) is 0. The molecule has 8 nitrogen and oxygen atoms in total. The first-order valence-corrected chi connectivity index (χ1v) is 7.53. The number of nitrogens with zero attached hydrogens (tertiary/aromatic N) is 3. The van der Waals surface area contributed by atoms with Crippen LogP contribution in [-0.2, 0) is 11.3 Å². The molecule has 0 aliphatic heterocycles. The van der Waals surface area contributed by atoms with Crippen molar-refractivity contribution in [3.05, 3.63) is 47.2 Å². The zero-order valence-electron chi connectivity index (χ0n) is 13.6. The number of carbonyl (C=O) groups is 2. The van der Waals surface area contributed by atoms with E-state index in [2.05, 4.69) is 15.6 Å². The lowest BCUT2D eigenvalue weighted by molar-refractivity contribution is -0.118. The summed E-state index contributed by atoms with van der Waals surface area (Å²) in [6, 6.07) is 3.78. The van der Waals surface area contributed by atoms with Crippen LogP contribution in [0.15, 0.2) is 28.8 Å². The lowest BCUT2D eigenvalue weighted by Crippen LogP contribution is -2.27. The highest BCUT2D eigenvalue weighted by molar-refractivity contribution is 5.92. The Labute approximate surface area is 141 Å². The van der Waals surface area contributed by atoms with Crippen molar-refractivity contribution < 1.29 is 18.4 Å². The zero-order chi connectivity index (χ0) is 18.1. The predicted molar refractivity (Wildman–Crippen MR) is 86.0 cm³/mol. The van der Waals surface area contributed by atoms with E-state index in [4.69, 9.17) is 10.2 Å². The molecule has 0 unspecified atom stereocenters. The van der Waals surface area contributed by atoms with E-state index in [-0.39, 0.29) is 18.1 Å². The van der Waals surface area contributed by atoms with E-state index in [9.17, 15) is 14.0 Å². The maximum atomic E-state index is 13.4. The minimum Gasteiger partial charge on any atom is -0.459 e. The van der Waals surface area contributed by atoms with E-state index < -0.39 is 17.9 Å². The number of primary amides is 1. The lowest BCUT2D eigenvalue weighted by atomic mass is 10.1. The first-order valence-electron chi connectivity index (χ1n) is 7.53. The highest BCUT2D eigenvalue weighted by Crippen LogP contribution is 2.29. The van der Waals surface area contributed by atoms with Crippen LogP contribution in [0.5, 0.6) is 0 Å². The van der Waals surface area contributed by atoms with Crippen LogP contribution in [0.3, 0.4) is 0 Å². The number of fused-ring (bicyclic) bond motifs is 1. The molecular weight excluding hydrogens is 329 g/mol. The summed E-state index contributed by atoms with van der Waals surface area (Å²) in [4.78, 5) is 23.1. The molecule has 1 atom stereocenters.